The number of carbonyl (C=O) groups excluding carboxylic acids is 2. The van der Waals surface area contributed by atoms with Gasteiger partial charge in [0.1, 0.15) is 5.75 Å². The van der Waals surface area contributed by atoms with E-state index in [2.05, 4.69) is 29.5 Å². The van der Waals surface area contributed by atoms with E-state index in [9.17, 15) is 9.59 Å². The van der Waals surface area contributed by atoms with Gasteiger partial charge in [-0.1, -0.05) is 44.2 Å². The Morgan fingerprint density at radius 1 is 1.00 bits per heavy atom. The number of anilines is 1. The number of hydrogen-bond acceptors (Lipinski definition) is 4. The number of carbonyl (C=O) groups is 2. The fourth-order valence-corrected chi connectivity index (χ4v) is 3.10. The highest BCUT2D eigenvalue weighted by Gasteiger charge is 2.17. The highest BCUT2D eigenvalue weighted by Crippen LogP contribution is 2.26. The first-order valence-electron chi connectivity index (χ1n) is 10.3. The molecule has 160 valence electrons. The Morgan fingerprint density at radius 3 is 2.55 bits per heavy atom. The molecule has 0 aliphatic heterocycles. The van der Waals surface area contributed by atoms with Crippen molar-refractivity contribution in [3.05, 3.63) is 89.7 Å². The predicted octanol–water partition coefficient (Wildman–Crippen LogP) is 4.54. The topological polar surface area (TPSA) is 80.3 Å². The first-order chi connectivity index (χ1) is 14.9. The first-order valence-corrected chi connectivity index (χ1v) is 10.3. The van der Waals surface area contributed by atoms with Gasteiger partial charge in [-0.05, 0) is 54.3 Å². The molecular weight excluding hydrogens is 390 g/mol. The number of amides is 2. The molecule has 2 N–H and O–H groups in total. The van der Waals surface area contributed by atoms with Gasteiger partial charge < -0.3 is 15.4 Å². The molecule has 0 saturated heterocycles. The lowest BCUT2D eigenvalue weighted by molar-refractivity contribution is -0.127. The highest BCUT2D eigenvalue weighted by molar-refractivity contribution is 6.04. The summed E-state index contributed by atoms with van der Waals surface area (Å²) in [6.45, 7) is 6.24. The van der Waals surface area contributed by atoms with Crippen LogP contribution in [0.5, 0.6) is 5.75 Å². The summed E-state index contributed by atoms with van der Waals surface area (Å²) in [5.74, 6) is 0.583. The molecule has 3 rings (SSSR count). The average molecular weight is 418 g/mol. The highest BCUT2D eigenvalue weighted by atomic mass is 16.5. The molecule has 0 saturated carbocycles. The minimum absolute atomic E-state index is 0.205. The maximum atomic E-state index is 12.5. The van der Waals surface area contributed by atoms with Gasteiger partial charge in [-0.15, -0.1) is 0 Å². The molecule has 31 heavy (non-hydrogen) atoms. The van der Waals surface area contributed by atoms with Gasteiger partial charge in [0.15, 0.2) is 6.10 Å². The lowest BCUT2D eigenvalue weighted by Gasteiger charge is -2.18. The number of benzene rings is 2. The molecule has 0 radical (unpaired) electrons. The normalized spacial score (nSPS) is 11.6. The molecule has 0 aliphatic rings. The number of rotatable bonds is 8. The number of nitrogens with one attached hydrogen (secondary N) is 2. The minimum Gasteiger partial charge on any atom is -0.481 e. The van der Waals surface area contributed by atoms with Crippen LogP contribution in [-0.4, -0.2) is 22.9 Å². The third-order valence-corrected chi connectivity index (χ3v) is 4.79. The lowest BCUT2D eigenvalue weighted by Crippen LogP contribution is -2.36. The molecule has 6 heteroatoms. The van der Waals surface area contributed by atoms with E-state index in [0.717, 1.165) is 16.9 Å². The second-order valence-corrected chi connectivity index (χ2v) is 7.57. The first kappa shape index (κ1) is 22.0. The third kappa shape index (κ3) is 6.15. The van der Waals surface area contributed by atoms with Crippen LogP contribution in [0.1, 0.15) is 48.2 Å². The second-order valence-electron chi connectivity index (χ2n) is 7.57. The van der Waals surface area contributed by atoms with Crippen molar-refractivity contribution < 1.29 is 14.3 Å². The maximum Gasteiger partial charge on any atom is 0.261 e. The standard InChI is InChI=1S/C25H27N3O3/c1-17(2)22-11-4-5-12-23(22)31-18(3)24(29)27-15-19-8-6-10-21(14-19)28-25(30)20-9-7-13-26-16-20/h4-14,16-18H,15H2,1-3H3,(H,27,29)(H,28,30). The minimum atomic E-state index is -0.631. The van der Waals surface area contributed by atoms with Crippen LogP contribution in [-0.2, 0) is 11.3 Å². The van der Waals surface area contributed by atoms with Crippen molar-refractivity contribution in [2.45, 2.75) is 39.3 Å². The van der Waals surface area contributed by atoms with Crippen LogP contribution < -0.4 is 15.4 Å². The molecule has 1 heterocycles. The zero-order valence-electron chi connectivity index (χ0n) is 18.0. The fourth-order valence-electron chi connectivity index (χ4n) is 3.10. The summed E-state index contributed by atoms with van der Waals surface area (Å²) >= 11 is 0. The van der Waals surface area contributed by atoms with Crippen molar-refractivity contribution in [2.24, 2.45) is 0 Å². The van der Waals surface area contributed by atoms with Crippen LogP contribution >= 0.6 is 0 Å². The summed E-state index contributed by atoms with van der Waals surface area (Å²) in [5, 5.41) is 5.74. The summed E-state index contributed by atoms with van der Waals surface area (Å²) in [4.78, 5) is 28.8. The van der Waals surface area contributed by atoms with E-state index in [1.165, 1.54) is 6.20 Å². The lowest BCUT2D eigenvalue weighted by atomic mass is 10.0. The molecule has 0 spiro atoms. The summed E-state index contributed by atoms with van der Waals surface area (Å²) in [6.07, 6.45) is 2.50. The summed E-state index contributed by atoms with van der Waals surface area (Å²) in [6, 6.07) is 18.5. The predicted molar refractivity (Wildman–Crippen MR) is 121 cm³/mol. The second kappa shape index (κ2) is 10.4. The van der Waals surface area contributed by atoms with Gasteiger partial charge in [-0.2, -0.15) is 0 Å². The molecule has 0 aliphatic carbocycles. The fraction of sp³-hybridized carbons (Fsp3) is 0.240. The summed E-state index contributed by atoms with van der Waals surface area (Å²) in [5.41, 5.74) is 3.07. The number of ether oxygens (including phenoxy) is 1. The average Bonchev–Trinajstić information content (AvgIpc) is 2.78. The van der Waals surface area contributed by atoms with E-state index in [1.54, 1.807) is 31.3 Å². The molecule has 2 aromatic carbocycles. The zero-order chi connectivity index (χ0) is 22.2. The Labute approximate surface area is 182 Å². The zero-order valence-corrected chi connectivity index (χ0v) is 18.0. The van der Waals surface area contributed by atoms with Crippen LogP contribution in [0.2, 0.25) is 0 Å². The van der Waals surface area contributed by atoms with Crippen LogP contribution in [0.15, 0.2) is 73.1 Å². The van der Waals surface area contributed by atoms with E-state index in [1.807, 2.05) is 42.5 Å². The van der Waals surface area contributed by atoms with Gasteiger partial charge >= 0.3 is 0 Å². The quantitative estimate of drug-likeness (QED) is 0.564. The Hall–Kier alpha value is -3.67. The third-order valence-electron chi connectivity index (χ3n) is 4.79. The molecule has 1 atom stereocenters. The Kier molecular flexibility index (Phi) is 7.38. The number of nitrogens with zero attached hydrogens (tertiary/aromatic N) is 1. The molecule has 6 nitrogen and oxygen atoms in total. The molecular formula is C25H27N3O3. The van der Waals surface area contributed by atoms with Gasteiger partial charge in [0, 0.05) is 24.6 Å². The molecule has 0 bridgehead atoms. The molecule has 1 aromatic heterocycles. The molecule has 1 unspecified atom stereocenters. The summed E-state index contributed by atoms with van der Waals surface area (Å²) < 4.78 is 5.91. The van der Waals surface area contributed by atoms with Crippen molar-refractivity contribution in [3.8, 4) is 5.75 Å². The van der Waals surface area contributed by atoms with Gasteiger partial charge in [-0.3, -0.25) is 14.6 Å². The van der Waals surface area contributed by atoms with E-state index < -0.39 is 6.10 Å². The molecule has 0 fully saturated rings. The monoisotopic (exact) mass is 417 g/mol. The van der Waals surface area contributed by atoms with Gasteiger partial charge in [0.05, 0.1) is 5.56 Å². The maximum absolute atomic E-state index is 12.5. The Bertz CT molecular complexity index is 1030. The van der Waals surface area contributed by atoms with E-state index in [0.29, 0.717) is 23.7 Å². The van der Waals surface area contributed by atoms with Crippen molar-refractivity contribution in [1.82, 2.24) is 10.3 Å². The molecule has 2 amide bonds. The van der Waals surface area contributed by atoms with Crippen molar-refractivity contribution in [3.63, 3.8) is 0 Å². The number of aromatic nitrogens is 1. The Morgan fingerprint density at radius 2 is 1.81 bits per heavy atom. The van der Waals surface area contributed by atoms with Crippen molar-refractivity contribution in [1.29, 1.82) is 0 Å². The Balaban J connectivity index is 1.57. The smallest absolute Gasteiger partial charge is 0.261 e. The van der Waals surface area contributed by atoms with E-state index in [4.69, 9.17) is 4.74 Å². The van der Waals surface area contributed by atoms with E-state index in [-0.39, 0.29) is 11.8 Å². The van der Waals surface area contributed by atoms with Gasteiger partial charge in [0.2, 0.25) is 0 Å². The number of pyridine rings is 1. The van der Waals surface area contributed by atoms with E-state index >= 15 is 0 Å². The van der Waals surface area contributed by atoms with Crippen LogP contribution in [0.3, 0.4) is 0 Å². The van der Waals surface area contributed by atoms with Gasteiger partial charge in [0.25, 0.3) is 11.8 Å². The van der Waals surface area contributed by atoms with Gasteiger partial charge in [-0.25, -0.2) is 0 Å². The van der Waals surface area contributed by atoms with Crippen molar-refractivity contribution >= 4 is 17.5 Å². The molecule has 3 aromatic rings. The van der Waals surface area contributed by atoms with Crippen molar-refractivity contribution in [2.75, 3.05) is 5.32 Å². The summed E-state index contributed by atoms with van der Waals surface area (Å²) in [7, 11) is 0. The largest absolute Gasteiger partial charge is 0.481 e. The van der Waals surface area contributed by atoms with Crippen LogP contribution in [0, 0.1) is 0 Å². The number of para-hydroxylation sites is 1. The number of hydrogen-bond donors (Lipinski definition) is 2. The SMILES string of the molecule is CC(Oc1ccccc1C(C)C)C(=O)NCc1cccc(NC(=O)c2cccnc2)c1. The van der Waals surface area contributed by atoms with Crippen LogP contribution in [0.4, 0.5) is 5.69 Å². The van der Waals surface area contributed by atoms with Crippen LogP contribution in [0.25, 0.3) is 0 Å².